The molecule has 3 rings (SSSR count). The summed E-state index contributed by atoms with van der Waals surface area (Å²) in [6.07, 6.45) is 0. The molecule has 0 aromatic heterocycles. The molecule has 122 valence electrons. The molecule has 0 saturated carbocycles. The summed E-state index contributed by atoms with van der Waals surface area (Å²) < 4.78 is 5.25. The van der Waals surface area contributed by atoms with Gasteiger partial charge in [-0.15, -0.1) is 0 Å². The molecule has 0 aliphatic heterocycles. The summed E-state index contributed by atoms with van der Waals surface area (Å²) in [5.41, 5.74) is 2.50. The number of ketones is 1. The van der Waals surface area contributed by atoms with Crippen molar-refractivity contribution in [2.75, 3.05) is 7.11 Å². The van der Waals surface area contributed by atoms with E-state index in [-0.39, 0.29) is 18.3 Å². The third kappa shape index (κ3) is 3.03. The topological polar surface area (TPSA) is 46.5 Å². The lowest BCUT2D eigenvalue weighted by atomic mass is 9.86. The van der Waals surface area contributed by atoms with Crippen LogP contribution in [-0.2, 0) is 11.4 Å². The molecular formula is C21H20O3. The Morgan fingerprint density at radius 2 is 1.67 bits per heavy atom. The second-order valence-corrected chi connectivity index (χ2v) is 5.88. The first kappa shape index (κ1) is 16.2. The zero-order chi connectivity index (χ0) is 17.1. The van der Waals surface area contributed by atoms with Gasteiger partial charge in [0, 0.05) is 5.56 Å². The second kappa shape index (κ2) is 6.85. The minimum Gasteiger partial charge on any atom is -0.496 e. The first-order valence-electron chi connectivity index (χ1n) is 7.91. The quantitative estimate of drug-likeness (QED) is 0.771. The molecule has 1 unspecified atom stereocenters. The first-order valence-corrected chi connectivity index (χ1v) is 7.91. The van der Waals surface area contributed by atoms with E-state index in [1.54, 1.807) is 20.1 Å². The standard InChI is InChI=1S/C21H20O3/c1-14(23)21(18-9-10-20(24-2)19(12-18)13-22)17-8-7-15-5-3-4-6-16(15)11-17/h3-12,21-22H,13H2,1-2H3. The third-order valence-electron chi connectivity index (χ3n) is 4.32. The molecule has 0 fully saturated rings. The number of benzene rings is 3. The minimum absolute atomic E-state index is 0.0688. The number of hydrogen-bond acceptors (Lipinski definition) is 3. The van der Waals surface area contributed by atoms with Gasteiger partial charge in [-0.2, -0.15) is 0 Å². The van der Waals surface area contributed by atoms with Crippen LogP contribution < -0.4 is 4.74 Å². The van der Waals surface area contributed by atoms with Gasteiger partial charge in [0.15, 0.2) is 0 Å². The van der Waals surface area contributed by atoms with Crippen molar-refractivity contribution in [1.82, 2.24) is 0 Å². The normalized spacial score (nSPS) is 12.1. The van der Waals surface area contributed by atoms with Gasteiger partial charge < -0.3 is 9.84 Å². The van der Waals surface area contributed by atoms with E-state index < -0.39 is 0 Å². The Labute approximate surface area is 141 Å². The highest BCUT2D eigenvalue weighted by Gasteiger charge is 2.20. The van der Waals surface area contributed by atoms with E-state index in [1.165, 1.54) is 0 Å². The van der Waals surface area contributed by atoms with Crippen LogP contribution in [0.3, 0.4) is 0 Å². The van der Waals surface area contributed by atoms with Crippen molar-refractivity contribution in [2.45, 2.75) is 19.4 Å². The third-order valence-corrected chi connectivity index (χ3v) is 4.32. The maximum absolute atomic E-state index is 12.3. The van der Waals surface area contributed by atoms with Gasteiger partial charge in [0.2, 0.25) is 0 Å². The van der Waals surface area contributed by atoms with Gasteiger partial charge in [-0.1, -0.05) is 48.5 Å². The van der Waals surface area contributed by atoms with Crippen LogP contribution in [0.5, 0.6) is 5.75 Å². The van der Waals surface area contributed by atoms with Crippen LogP contribution in [0.2, 0.25) is 0 Å². The van der Waals surface area contributed by atoms with E-state index in [1.807, 2.05) is 42.5 Å². The molecule has 24 heavy (non-hydrogen) atoms. The van der Waals surface area contributed by atoms with Crippen molar-refractivity contribution in [2.24, 2.45) is 0 Å². The van der Waals surface area contributed by atoms with E-state index in [0.29, 0.717) is 11.3 Å². The van der Waals surface area contributed by atoms with Crippen LogP contribution in [0.25, 0.3) is 10.8 Å². The zero-order valence-corrected chi connectivity index (χ0v) is 13.8. The Kier molecular flexibility index (Phi) is 4.63. The second-order valence-electron chi connectivity index (χ2n) is 5.88. The Balaban J connectivity index is 2.10. The molecule has 3 aromatic carbocycles. The van der Waals surface area contributed by atoms with E-state index in [4.69, 9.17) is 4.74 Å². The number of aliphatic hydroxyl groups is 1. The molecule has 0 saturated heterocycles. The molecule has 3 heteroatoms. The number of Topliss-reactive ketones (excluding diaryl/α,β-unsaturated/α-hetero) is 1. The number of rotatable bonds is 5. The highest BCUT2D eigenvalue weighted by atomic mass is 16.5. The summed E-state index contributed by atoms with van der Waals surface area (Å²) >= 11 is 0. The summed E-state index contributed by atoms with van der Waals surface area (Å²) in [7, 11) is 1.57. The Morgan fingerprint density at radius 1 is 1.00 bits per heavy atom. The lowest BCUT2D eigenvalue weighted by Crippen LogP contribution is -2.11. The first-order chi connectivity index (χ1) is 11.6. The predicted molar refractivity (Wildman–Crippen MR) is 95.4 cm³/mol. The fraction of sp³-hybridized carbons (Fsp3) is 0.190. The van der Waals surface area contributed by atoms with Crippen LogP contribution in [0.1, 0.15) is 29.5 Å². The fourth-order valence-electron chi connectivity index (χ4n) is 3.15. The molecule has 1 atom stereocenters. The maximum Gasteiger partial charge on any atom is 0.141 e. The van der Waals surface area contributed by atoms with Crippen LogP contribution in [0.4, 0.5) is 0 Å². The maximum atomic E-state index is 12.3. The van der Waals surface area contributed by atoms with Crippen molar-refractivity contribution in [3.8, 4) is 5.75 Å². The van der Waals surface area contributed by atoms with Crippen LogP contribution in [-0.4, -0.2) is 18.0 Å². The van der Waals surface area contributed by atoms with Gasteiger partial charge in [-0.05, 0) is 41.0 Å². The number of hydrogen-bond donors (Lipinski definition) is 1. The van der Waals surface area contributed by atoms with Gasteiger partial charge >= 0.3 is 0 Å². The number of aliphatic hydroxyl groups excluding tert-OH is 1. The van der Waals surface area contributed by atoms with Crippen molar-refractivity contribution in [1.29, 1.82) is 0 Å². The largest absolute Gasteiger partial charge is 0.496 e. The van der Waals surface area contributed by atoms with Gasteiger partial charge in [0.25, 0.3) is 0 Å². The van der Waals surface area contributed by atoms with Crippen molar-refractivity contribution < 1.29 is 14.6 Å². The molecule has 0 heterocycles. The highest BCUT2D eigenvalue weighted by molar-refractivity contribution is 5.90. The van der Waals surface area contributed by atoms with Crippen LogP contribution >= 0.6 is 0 Å². The average Bonchev–Trinajstić information content (AvgIpc) is 2.61. The number of carbonyl (C=O) groups excluding carboxylic acids is 1. The van der Waals surface area contributed by atoms with E-state index in [2.05, 4.69) is 12.1 Å². The summed E-state index contributed by atoms with van der Waals surface area (Å²) in [5, 5.41) is 11.8. The van der Waals surface area contributed by atoms with E-state index in [9.17, 15) is 9.90 Å². The number of ether oxygens (including phenoxy) is 1. The van der Waals surface area contributed by atoms with Gasteiger partial charge in [-0.25, -0.2) is 0 Å². The summed E-state index contributed by atoms with van der Waals surface area (Å²) in [5.74, 6) is 0.340. The molecule has 0 amide bonds. The fourth-order valence-corrected chi connectivity index (χ4v) is 3.15. The van der Waals surface area contributed by atoms with Crippen LogP contribution in [0, 0.1) is 0 Å². The number of carbonyl (C=O) groups is 1. The molecule has 3 nitrogen and oxygen atoms in total. The summed E-state index contributed by atoms with van der Waals surface area (Å²) in [4.78, 5) is 12.3. The average molecular weight is 320 g/mol. The Morgan fingerprint density at radius 3 is 2.33 bits per heavy atom. The number of methoxy groups -OCH3 is 1. The molecule has 3 aromatic rings. The van der Waals surface area contributed by atoms with E-state index >= 15 is 0 Å². The monoisotopic (exact) mass is 320 g/mol. The Bertz CT molecular complexity index is 883. The van der Waals surface area contributed by atoms with Crippen molar-refractivity contribution >= 4 is 16.6 Å². The van der Waals surface area contributed by atoms with Crippen molar-refractivity contribution in [3.05, 3.63) is 77.4 Å². The number of fused-ring (bicyclic) bond motifs is 1. The lowest BCUT2D eigenvalue weighted by molar-refractivity contribution is -0.117. The highest BCUT2D eigenvalue weighted by Crippen LogP contribution is 2.31. The Hall–Kier alpha value is -2.65. The molecule has 0 radical (unpaired) electrons. The SMILES string of the molecule is COc1ccc(C(C(C)=O)c2ccc3ccccc3c2)cc1CO. The molecule has 0 aliphatic rings. The zero-order valence-electron chi connectivity index (χ0n) is 13.8. The smallest absolute Gasteiger partial charge is 0.141 e. The van der Waals surface area contributed by atoms with Gasteiger partial charge in [-0.3, -0.25) is 4.79 Å². The van der Waals surface area contributed by atoms with Gasteiger partial charge in [0.1, 0.15) is 11.5 Å². The molecular weight excluding hydrogens is 300 g/mol. The van der Waals surface area contributed by atoms with Crippen molar-refractivity contribution in [3.63, 3.8) is 0 Å². The van der Waals surface area contributed by atoms with Gasteiger partial charge in [0.05, 0.1) is 19.6 Å². The van der Waals surface area contributed by atoms with E-state index in [0.717, 1.165) is 21.9 Å². The molecule has 1 N–H and O–H groups in total. The molecule has 0 bridgehead atoms. The molecule has 0 aliphatic carbocycles. The summed E-state index contributed by atoms with van der Waals surface area (Å²) in [6, 6.07) is 19.7. The van der Waals surface area contributed by atoms with Crippen LogP contribution in [0.15, 0.2) is 60.7 Å². The lowest BCUT2D eigenvalue weighted by Gasteiger charge is -2.17. The summed E-state index contributed by atoms with van der Waals surface area (Å²) in [6.45, 7) is 1.47. The predicted octanol–water partition coefficient (Wildman–Crippen LogP) is 4.06. The molecule has 0 spiro atoms. The minimum atomic E-state index is -0.356.